The smallest absolute Gasteiger partial charge is 0.260 e. The number of nitrogens with zero attached hydrogens (tertiary/aromatic N) is 2. The van der Waals surface area contributed by atoms with Crippen LogP contribution in [0.1, 0.15) is 32.3 Å². The van der Waals surface area contributed by atoms with Crippen molar-refractivity contribution in [3.05, 3.63) is 60.2 Å². The number of para-hydroxylation sites is 1. The summed E-state index contributed by atoms with van der Waals surface area (Å²) in [5, 5.41) is 2.93. The van der Waals surface area contributed by atoms with Gasteiger partial charge in [-0.3, -0.25) is 9.59 Å². The highest BCUT2D eigenvalue weighted by Crippen LogP contribution is 2.19. The maximum absolute atomic E-state index is 12.6. The van der Waals surface area contributed by atoms with Crippen LogP contribution in [0, 0.1) is 5.92 Å². The number of amides is 2. The molecule has 1 aliphatic heterocycles. The second-order valence-corrected chi connectivity index (χ2v) is 10.7. The van der Waals surface area contributed by atoms with Crippen LogP contribution in [0.3, 0.4) is 0 Å². The number of likely N-dealkylation sites (tertiary alicyclic amines) is 1. The third kappa shape index (κ3) is 6.57. The summed E-state index contributed by atoms with van der Waals surface area (Å²) >= 11 is 0. The minimum Gasteiger partial charge on any atom is -0.484 e. The van der Waals surface area contributed by atoms with Gasteiger partial charge in [0.05, 0.1) is 4.90 Å². The van der Waals surface area contributed by atoms with E-state index in [9.17, 15) is 18.0 Å². The quantitative estimate of drug-likeness (QED) is 0.587. The molecule has 2 aromatic carbocycles. The van der Waals surface area contributed by atoms with Gasteiger partial charge in [-0.2, -0.15) is 4.31 Å². The van der Waals surface area contributed by atoms with Crippen LogP contribution in [0.5, 0.6) is 5.75 Å². The first-order chi connectivity index (χ1) is 16.2. The summed E-state index contributed by atoms with van der Waals surface area (Å²) in [7, 11) is -1.97. The fourth-order valence-corrected chi connectivity index (χ4v) is 5.07. The van der Waals surface area contributed by atoms with Crippen LogP contribution in [-0.4, -0.2) is 62.2 Å². The van der Waals surface area contributed by atoms with Gasteiger partial charge in [0.2, 0.25) is 15.9 Å². The minimum atomic E-state index is -3.53. The fraction of sp³-hybridized carbons (Fsp3) is 0.440. The molecule has 34 heavy (non-hydrogen) atoms. The molecule has 0 aromatic heterocycles. The Bertz CT molecular complexity index is 1060. The van der Waals surface area contributed by atoms with Crippen molar-refractivity contribution < 1.29 is 22.7 Å². The highest BCUT2D eigenvalue weighted by atomic mass is 32.2. The molecule has 0 unspecified atom stereocenters. The third-order valence-corrected chi connectivity index (χ3v) is 8.17. The van der Waals surface area contributed by atoms with E-state index in [2.05, 4.69) is 5.32 Å². The van der Waals surface area contributed by atoms with Crippen LogP contribution >= 0.6 is 0 Å². The van der Waals surface area contributed by atoms with Crippen LogP contribution in [-0.2, 0) is 26.2 Å². The number of sulfonamides is 1. The minimum absolute atomic E-state index is 0.0143. The molecule has 184 valence electrons. The number of ether oxygens (including phenoxy) is 1. The Morgan fingerprint density at radius 1 is 1.06 bits per heavy atom. The van der Waals surface area contributed by atoms with Crippen molar-refractivity contribution in [2.24, 2.45) is 5.92 Å². The molecule has 1 N–H and O–H groups in total. The van der Waals surface area contributed by atoms with E-state index in [1.807, 2.05) is 32.0 Å². The van der Waals surface area contributed by atoms with Crippen LogP contribution in [0.15, 0.2) is 59.5 Å². The zero-order valence-electron chi connectivity index (χ0n) is 19.9. The van der Waals surface area contributed by atoms with Crippen LogP contribution < -0.4 is 10.1 Å². The highest BCUT2D eigenvalue weighted by Gasteiger charge is 2.27. The molecule has 2 amide bonds. The summed E-state index contributed by atoms with van der Waals surface area (Å²) in [6.45, 7) is 4.99. The molecule has 1 fully saturated rings. The average molecular weight is 488 g/mol. The Hall–Kier alpha value is -2.91. The molecule has 0 bridgehead atoms. The Morgan fingerprint density at radius 3 is 2.26 bits per heavy atom. The Labute approximate surface area is 201 Å². The topological polar surface area (TPSA) is 96.0 Å². The number of hydrogen-bond donors (Lipinski definition) is 1. The molecule has 0 atom stereocenters. The van der Waals surface area contributed by atoms with E-state index in [-0.39, 0.29) is 35.3 Å². The van der Waals surface area contributed by atoms with Crippen molar-refractivity contribution in [2.75, 3.05) is 26.7 Å². The number of carbonyl (C=O) groups is 2. The van der Waals surface area contributed by atoms with Gasteiger partial charge < -0.3 is 15.0 Å². The number of benzene rings is 2. The summed E-state index contributed by atoms with van der Waals surface area (Å²) in [6.07, 6.45) is 1.20. The van der Waals surface area contributed by atoms with E-state index in [0.29, 0.717) is 38.2 Å². The number of nitrogens with one attached hydrogen (secondary N) is 1. The predicted molar refractivity (Wildman–Crippen MR) is 130 cm³/mol. The molecule has 3 rings (SSSR count). The number of rotatable bonds is 9. The second kappa shape index (κ2) is 11.5. The lowest BCUT2D eigenvalue weighted by molar-refractivity contribution is -0.137. The zero-order chi connectivity index (χ0) is 24.7. The number of carbonyl (C=O) groups excluding carboxylic acids is 2. The van der Waals surface area contributed by atoms with E-state index in [1.165, 1.54) is 4.31 Å². The molecule has 0 aliphatic carbocycles. The van der Waals surface area contributed by atoms with Gasteiger partial charge in [0.1, 0.15) is 5.75 Å². The molecule has 8 nitrogen and oxygen atoms in total. The van der Waals surface area contributed by atoms with Crippen molar-refractivity contribution in [1.82, 2.24) is 14.5 Å². The van der Waals surface area contributed by atoms with Gasteiger partial charge in [-0.05, 0) is 56.5 Å². The van der Waals surface area contributed by atoms with Gasteiger partial charge in [0.25, 0.3) is 5.91 Å². The van der Waals surface area contributed by atoms with Crippen molar-refractivity contribution in [3.8, 4) is 5.75 Å². The van der Waals surface area contributed by atoms with E-state index < -0.39 is 10.0 Å². The largest absolute Gasteiger partial charge is 0.484 e. The first kappa shape index (κ1) is 25.7. The maximum atomic E-state index is 12.6. The standard InChI is InChI=1S/C25H33N3O5S/c1-19(2)27(3)34(31,32)23-11-9-20(10-12-23)17-26-25(30)21-13-15-28(16-14-21)24(29)18-33-22-7-5-4-6-8-22/h4-12,19,21H,13-18H2,1-3H3,(H,26,30). The molecule has 1 heterocycles. The molecule has 0 radical (unpaired) electrons. The Morgan fingerprint density at radius 2 is 1.68 bits per heavy atom. The molecular weight excluding hydrogens is 454 g/mol. The average Bonchev–Trinajstić information content (AvgIpc) is 2.86. The van der Waals surface area contributed by atoms with Crippen molar-refractivity contribution in [2.45, 2.75) is 44.2 Å². The van der Waals surface area contributed by atoms with Gasteiger partial charge in [-0.25, -0.2) is 8.42 Å². The van der Waals surface area contributed by atoms with Crippen LogP contribution in [0.2, 0.25) is 0 Å². The lowest BCUT2D eigenvalue weighted by atomic mass is 9.96. The first-order valence-corrected chi connectivity index (χ1v) is 12.9. The Kier molecular flexibility index (Phi) is 8.68. The van der Waals surface area contributed by atoms with E-state index in [4.69, 9.17) is 4.74 Å². The van der Waals surface area contributed by atoms with Gasteiger partial charge in [-0.15, -0.1) is 0 Å². The molecule has 1 aliphatic rings. The summed E-state index contributed by atoms with van der Waals surface area (Å²) < 4.78 is 32.0. The monoisotopic (exact) mass is 487 g/mol. The van der Waals surface area contributed by atoms with Crippen molar-refractivity contribution in [1.29, 1.82) is 0 Å². The Balaban J connectivity index is 1.43. The van der Waals surface area contributed by atoms with Gasteiger partial charge in [0, 0.05) is 38.6 Å². The van der Waals surface area contributed by atoms with Gasteiger partial charge in [-0.1, -0.05) is 30.3 Å². The fourth-order valence-electron chi connectivity index (χ4n) is 3.70. The third-order valence-electron chi connectivity index (χ3n) is 6.12. The maximum Gasteiger partial charge on any atom is 0.260 e. The second-order valence-electron chi connectivity index (χ2n) is 8.73. The first-order valence-electron chi connectivity index (χ1n) is 11.5. The van der Waals surface area contributed by atoms with Crippen molar-refractivity contribution >= 4 is 21.8 Å². The van der Waals surface area contributed by atoms with E-state index >= 15 is 0 Å². The number of hydrogen-bond acceptors (Lipinski definition) is 5. The molecule has 0 spiro atoms. The van der Waals surface area contributed by atoms with Gasteiger partial charge in [0.15, 0.2) is 6.61 Å². The van der Waals surface area contributed by atoms with Crippen LogP contribution in [0.4, 0.5) is 0 Å². The van der Waals surface area contributed by atoms with Crippen LogP contribution in [0.25, 0.3) is 0 Å². The molecular formula is C25H33N3O5S. The molecule has 2 aromatic rings. The normalized spacial score (nSPS) is 14.9. The summed E-state index contributed by atoms with van der Waals surface area (Å²) in [5.74, 6) is 0.367. The predicted octanol–water partition coefficient (Wildman–Crippen LogP) is 2.65. The highest BCUT2D eigenvalue weighted by molar-refractivity contribution is 7.89. The SMILES string of the molecule is CC(C)N(C)S(=O)(=O)c1ccc(CNC(=O)C2CCN(C(=O)COc3ccccc3)CC2)cc1. The summed E-state index contributed by atoms with van der Waals surface area (Å²) in [4.78, 5) is 27.0. The van der Waals surface area contributed by atoms with E-state index in [0.717, 1.165) is 5.56 Å². The van der Waals surface area contributed by atoms with Crippen molar-refractivity contribution in [3.63, 3.8) is 0 Å². The van der Waals surface area contributed by atoms with E-state index in [1.54, 1.807) is 48.3 Å². The number of piperidine rings is 1. The molecule has 0 saturated carbocycles. The lowest BCUT2D eigenvalue weighted by Crippen LogP contribution is -2.44. The molecule has 9 heteroatoms. The zero-order valence-corrected chi connectivity index (χ0v) is 20.8. The summed E-state index contributed by atoms with van der Waals surface area (Å²) in [5.41, 5.74) is 0.824. The van der Waals surface area contributed by atoms with Gasteiger partial charge >= 0.3 is 0 Å². The summed E-state index contributed by atoms with van der Waals surface area (Å²) in [6, 6.07) is 15.6. The lowest BCUT2D eigenvalue weighted by Gasteiger charge is -2.31. The molecule has 1 saturated heterocycles.